The summed E-state index contributed by atoms with van der Waals surface area (Å²) in [6.07, 6.45) is 6.33. The van der Waals surface area contributed by atoms with Crippen LogP contribution < -0.4 is 5.32 Å². The molecule has 0 saturated carbocycles. The molecule has 1 unspecified atom stereocenters. The Bertz CT molecular complexity index is 1270. The van der Waals surface area contributed by atoms with Crippen LogP contribution in [-0.2, 0) is 14.3 Å². The smallest absolute Gasteiger partial charge is 0.347 e. The molecule has 6 nitrogen and oxygen atoms in total. The fraction of sp³-hybridized carbons (Fsp3) is 0.357. The number of hydrogen-bond acceptors (Lipinski definition) is 5. The predicted molar refractivity (Wildman–Crippen MR) is 141 cm³/mol. The zero-order valence-electron chi connectivity index (χ0n) is 21.2. The molecule has 1 aromatic carbocycles. The number of halogens is 1. The molecule has 1 atom stereocenters. The van der Waals surface area contributed by atoms with Crippen LogP contribution in [0, 0.1) is 6.92 Å². The SMILES string of the molecule is C/C=C(OC(C)(C)C(=O)O)\C(C)=C/COC1C=C(CNC(=O)c2sc3ccccc3c2C)C=C(F)C1. The minimum absolute atomic E-state index is 0.110. The Morgan fingerprint density at radius 3 is 2.69 bits per heavy atom. The van der Waals surface area contributed by atoms with E-state index in [4.69, 9.17) is 9.47 Å². The molecule has 0 fully saturated rings. The van der Waals surface area contributed by atoms with Gasteiger partial charge in [0.1, 0.15) is 11.6 Å². The normalized spacial score (nSPS) is 17.0. The molecule has 0 saturated heterocycles. The second-order valence-electron chi connectivity index (χ2n) is 9.10. The zero-order valence-corrected chi connectivity index (χ0v) is 22.0. The lowest BCUT2D eigenvalue weighted by molar-refractivity contribution is -0.156. The molecule has 2 aromatic rings. The van der Waals surface area contributed by atoms with Gasteiger partial charge in [-0.1, -0.05) is 30.4 Å². The zero-order chi connectivity index (χ0) is 26.5. The maximum atomic E-state index is 14.3. The lowest BCUT2D eigenvalue weighted by Gasteiger charge is -2.24. The summed E-state index contributed by atoms with van der Waals surface area (Å²) < 4.78 is 26.8. The van der Waals surface area contributed by atoms with Gasteiger partial charge in [-0.15, -0.1) is 11.3 Å². The third-order valence-corrected chi connectivity index (χ3v) is 7.14. The highest BCUT2D eigenvalue weighted by Crippen LogP contribution is 2.30. The van der Waals surface area contributed by atoms with Crippen molar-refractivity contribution in [1.82, 2.24) is 5.32 Å². The summed E-state index contributed by atoms with van der Waals surface area (Å²) in [5, 5.41) is 13.2. The van der Waals surface area contributed by atoms with Crippen molar-refractivity contribution >= 4 is 33.3 Å². The Kier molecular flexibility index (Phi) is 8.87. The van der Waals surface area contributed by atoms with Crippen molar-refractivity contribution in [3.05, 3.63) is 81.7 Å². The quantitative estimate of drug-likeness (QED) is 0.290. The van der Waals surface area contributed by atoms with E-state index in [1.807, 2.05) is 37.3 Å². The number of amides is 1. The molecule has 0 bridgehead atoms. The number of hydrogen-bond donors (Lipinski definition) is 2. The summed E-state index contributed by atoms with van der Waals surface area (Å²) in [5.41, 5.74) is 0.920. The Morgan fingerprint density at radius 2 is 2.03 bits per heavy atom. The predicted octanol–water partition coefficient (Wildman–Crippen LogP) is 6.24. The van der Waals surface area contributed by atoms with E-state index in [2.05, 4.69) is 5.32 Å². The second kappa shape index (κ2) is 11.7. The maximum absolute atomic E-state index is 14.3. The van der Waals surface area contributed by atoms with Gasteiger partial charge >= 0.3 is 5.97 Å². The van der Waals surface area contributed by atoms with Crippen LogP contribution in [0.2, 0.25) is 0 Å². The summed E-state index contributed by atoms with van der Waals surface area (Å²) in [6.45, 7) is 8.82. The van der Waals surface area contributed by atoms with Gasteiger partial charge in [0.15, 0.2) is 5.60 Å². The van der Waals surface area contributed by atoms with Crippen molar-refractivity contribution in [3.8, 4) is 0 Å². The van der Waals surface area contributed by atoms with E-state index in [-0.39, 0.29) is 31.3 Å². The molecule has 2 N–H and O–H groups in total. The van der Waals surface area contributed by atoms with Gasteiger partial charge in [-0.05, 0) is 74.9 Å². The van der Waals surface area contributed by atoms with Gasteiger partial charge in [-0.25, -0.2) is 9.18 Å². The molecule has 1 heterocycles. The van der Waals surface area contributed by atoms with Crippen molar-refractivity contribution in [2.24, 2.45) is 0 Å². The maximum Gasteiger partial charge on any atom is 0.347 e. The van der Waals surface area contributed by atoms with Gasteiger partial charge in [0.05, 0.1) is 17.6 Å². The van der Waals surface area contributed by atoms with E-state index in [1.54, 1.807) is 26.0 Å². The molecule has 1 aliphatic carbocycles. The highest BCUT2D eigenvalue weighted by molar-refractivity contribution is 7.21. The van der Waals surface area contributed by atoms with E-state index < -0.39 is 17.7 Å². The van der Waals surface area contributed by atoms with Gasteiger partial charge in [0, 0.05) is 17.7 Å². The topological polar surface area (TPSA) is 84.9 Å². The molecule has 192 valence electrons. The molecule has 0 aliphatic heterocycles. The molecular formula is C28H32FNO5S. The average Bonchev–Trinajstić information content (AvgIpc) is 3.17. The van der Waals surface area contributed by atoms with Crippen molar-refractivity contribution in [2.45, 2.75) is 52.7 Å². The number of carboxylic acids is 1. The van der Waals surface area contributed by atoms with E-state index >= 15 is 0 Å². The van der Waals surface area contributed by atoms with Crippen LogP contribution in [0.4, 0.5) is 4.39 Å². The first-order valence-electron chi connectivity index (χ1n) is 11.7. The number of thiophene rings is 1. The van der Waals surface area contributed by atoms with Crippen molar-refractivity contribution in [2.75, 3.05) is 13.2 Å². The Balaban J connectivity index is 1.59. The number of carbonyl (C=O) groups excluding carboxylic acids is 1. The number of allylic oxidation sites excluding steroid dienone is 2. The number of ether oxygens (including phenoxy) is 2. The third kappa shape index (κ3) is 6.71. The van der Waals surface area contributed by atoms with Crippen molar-refractivity contribution in [1.29, 1.82) is 0 Å². The standard InChI is InChI=1S/C28H32FNO5S/c1-6-23(35-28(4,5)27(32)33)17(2)11-12-34-21-14-19(13-20(29)15-21)16-30-26(31)25-18(3)22-9-7-8-10-24(22)36-25/h6-11,13-14,21H,12,15-16H2,1-5H3,(H,30,31)(H,32,33)/b17-11-,23-6+. The fourth-order valence-electron chi connectivity index (χ4n) is 3.75. The molecule has 1 aromatic heterocycles. The van der Waals surface area contributed by atoms with Crippen LogP contribution in [0.15, 0.2) is 71.3 Å². The molecule has 36 heavy (non-hydrogen) atoms. The summed E-state index contributed by atoms with van der Waals surface area (Å²) in [7, 11) is 0. The van der Waals surface area contributed by atoms with Crippen LogP contribution >= 0.6 is 11.3 Å². The third-order valence-electron chi connectivity index (χ3n) is 5.87. The van der Waals surface area contributed by atoms with Crippen molar-refractivity contribution < 1.29 is 28.6 Å². The number of carbonyl (C=O) groups is 2. The van der Waals surface area contributed by atoms with Gasteiger partial charge in [0.25, 0.3) is 5.91 Å². The summed E-state index contributed by atoms with van der Waals surface area (Å²) in [5.74, 6) is -1.13. The van der Waals surface area contributed by atoms with Gasteiger partial charge in [0.2, 0.25) is 0 Å². The first kappa shape index (κ1) is 27.4. The molecular weight excluding hydrogens is 481 g/mol. The number of aliphatic carboxylic acids is 1. The number of aryl methyl sites for hydroxylation is 1. The van der Waals surface area contributed by atoms with Crippen LogP contribution in [0.5, 0.6) is 0 Å². The number of benzene rings is 1. The van der Waals surface area contributed by atoms with E-state index in [0.717, 1.165) is 15.6 Å². The average molecular weight is 514 g/mol. The first-order valence-corrected chi connectivity index (χ1v) is 12.5. The largest absolute Gasteiger partial charge is 0.478 e. The van der Waals surface area contributed by atoms with Gasteiger partial charge in [-0.3, -0.25) is 4.79 Å². The molecule has 0 spiro atoms. The Hall–Kier alpha value is -3.23. The lowest BCUT2D eigenvalue weighted by Crippen LogP contribution is -2.34. The summed E-state index contributed by atoms with van der Waals surface area (Å²) in [6, 6.07) is 7.88. The van der Waals surface area contributed by atoms with E-state index in [9.17, 15) is 19.1 Å². The van der Waals surface area contributed by atoms with Crippen molar-refractivity contribution in [3.63, 3.8) is 0 Å². The Labute approximate surface area is 214 Å². The molecule has 0 radical (unpaired) electrons. The second-order valence-corrected chi connectivity index (χ2v) is 10.2. The van der Waals surface area contributed by atoms with Gasteiger partial charge in [-0.2, -0.15) is 0 Å². The molecule has 1 amide bonds. The van der Waals surface area contributed by atoms with Crippen LogP contribution in [0.25, 0.3) is 10.1 Å². The number of carboxylic acid groups (broad SMARTS) is 1. The monoisotopic (exact) mass is 513 g/mol. The number of nitrogens with one attached hydrogen (secondary N) is 1. The molecule has 1 aliphatic rings. The van der Waals surface area contributed by atoms with Crippen LogP contribution in [0.3, 0.4) is 0 Å². The summed E-state index contributed by atoms with van der Waals surface area (Å²) >= 11 is 1.44. The molecule has 8 heteroatoms. The van der Waals surface area contributed by atoms with E-state index in [1.165, 1.54) is 31.3 Å². The first-order chi connectivity index (χ1) is 17.0. The summed E-state index contributed by atoms with van der Waals surface area (Å²) in [4.78, 5) is 24.8. The highest BCUT2D eigenvalue weighted by Gasteiger charge is 2.30. The van der Waals surface area contributed by atoms with Crippen LogP contribution in [-0.4, -0.2) is 41.8 Å². The van der Waals surface area contributed by atoms with E-state index in [0.29, 0.717) is 21.8 Å². The molecule has 3 rings (SSSR count). The number of fused-ring (bicyclic) bond motifs is 1. The Morgan fingerprint density at radius 1 is 1.31 bits per heavy atom. The fourth-order valence-corrected chi connectivity index (χ4v) is 4.88. The minimum Gasteiger partial charge on any atom is -0.478 e. The highest BCUT2D eigenvalue weighted by atomic mass is 32.1. The van der Waals surface area contributed by atoms with Crippen LogP contribution in [0.1, 0.15) is 49.4 Å². The van der Waals surface area contributed by atoms with Gasteiger partial charge < -0.3 is 19.9 Å². The lowest BCUT2D eigenvalue weighted by atomic mass is 10.0. The number of rotatable bonds is 10. The minimum atomic E-state index is -1.37.